The quantitative estimate of drug-likeness (QED) is 0.174. The summed E-state index contributed by atoms with van der Waals surface area (Å²) in [6.07, 6.45) is 4.14. The van der Waals surface area contributed by atoms with E-state index in [4.69, 9.17) is 14.7 Å². The van der Waals surface area contributed by atoms with E-state index in [0.717, 1.165) is 74.9 Å². The SMILES string of the molecule is CC12CC1N[C@H](c1nc3c(ccc4cc(-c5ccc6c(ccc7[nH]c([C@@H]8C[C@H]9C[C@H]9N8C(=O)OCc8ccccc8)nc76)c5)ccc43)[nH]1)C2. The first-order valence-corrected chi connectivity index (χ1v) is 17.6. The summed E-state index contributed by atoms with van der Waals surface area (Å²) in [4.78, 5) is 32.6. The zero-order valence-electron chi connectivity index (χ0n) is 27.2. The fourth-order valence-electron chi connectivity index (χ4n) is 8.92. The molecule has 7 aromatic rings. The Balaban J connectivity index is 0.880. The largest absolute Gasteiger partial charge is 0.445 e. The highest BCUT2D eigenvalue weighted by Gasteiger charge is 2.57. The Labute approximate surface area is 282 Å². The summed E-state index contributed by atoms with van der Waals surface area (Å²) in [5.74, 6) is 2.42. The number of hydrogen-bond acceptors (Lipinski definition) is 5. The van der Waals surface area contributed by atoms with Gasteiger partial charge < -0.3 is 20.0 Å². The minimum absolute atomic E-state index is 0.105. The summed E-state index contributed by atoms with van der Waals surface area (Å²) in [5.41, 5.74) is 7.84. The molecule has 0 radical (unpaired) electrons. The van der Waals surface area contributed by atoms with Crippen LogP contribution in [-0.4, -0.2) is 43.0 Å². The zero-order valence-corrected chi connectivity index (χ0v) is 27.2. The molecule has 11 rings (SSSR count). The van der Waals surface area contributed by atoms with Crippen molar-refractivity contribution in [3.63, 3.8) is 0 Å². The van der Waals surface area contributed by atoms with E-state index in [1.165, 1.54) is 22.8 Å². The fraction of sp³-hybridized carbons (Fsp3) is 0.293. The number of piperidine rings is 2. The lowest BCUT2D eigenvalue weighted by Crippen LogP contribution is -2.34. The summed E-state index contributed by atoms with van der Waals surface area (Å²) in [7, 11) is 0. The summed E-state index contributed by atoms with van der Waals surface area (Å²) in [6.45, 7) is 2.66. The Hall–Kier alpha value is -5.21. The van der Waals surface area contributed by atoms with Crippen LogP contribution in [0.4, 0.5) is 4.79 Å². The molecule has 6 atom stereocenters. The van der Waals surface area contributed by atoms with Gasteiger partial charge in [0.05, 0.1) is 34.2 Å². The summed E-state index contributed by atoms with van der Waals surface area (Å²) >= 11 is 0. The number of amides is 1. The van der Waals surface area contributed by atoms with Crippen LogP contribution in [0.5, 0.6) is 0 Å². The lowest BCUT2D eigenvalue weighted by atomic mass is 9.98. The smallest absolute Gasteiger partial charge is 0.410 e. The van der Waals surface area contributed by atoms with Crippen molar-refractivity contribution in [3.8, 4) is 11.1 Å². The van der Waals surface area contributed by atoms with Gasteiger partial charge in [-0.2, -0.15) is 0 Å². The lowest BCUT2D eigenvalue weighted by Gasteiger charge is -2.25. The number of rotatable bonds is 5. The van der Waals surface area contributed by atoms with Gasteiger partial charge in [0, 0.05) is 22.9 Å². The number of fused-ring (bicyclic) bond motifs is 8. The van der Waals surface area contributed by atoms with Gasteiger partial charge in [-0.05, 0) is 88.7 Å². The number of carbonyl (C=O) groups is 1. The van der Waals surface area contributed by atoms with E-state index >= 15 is 0 Å². The monoisotopic (exact) mass is 644 g/mol. The third-order valence-corrected chi connectivity index (χ3v) is 11.9. The second-order valence-electron chi connectivity index (χ2n) is 15.1. The van der Waals surface area contributed by atoms with E-state index in [1.54, 1.807) is 0 Å². The first kappa shape index (κ1) is 27.7. The van der Waals surface area contributed by atoms with E-state index in [2.05, 4.69) is 82.9 Å². The standard InChI is InChI=1S/C41H36N6O2/c1-41-19-32(42-35(41)20-41)38-43-30-13-9-25-15-23(7-11-28(25)36(30)45-38)24-8-12-29-26(16-24)10-14-31-37(29)46-39(44-31)34-18-27-17-33(27)47(34)40(48)49-21-22-5-3-2-4-6-22/h2-16,27,32-35,42H,17-21H2,1H3,(H,43,45)(H,44,46)/t27-,32+,33-,34+,35?,41?/m1/s1. The summed E-state index contributed by atoms with van der Waals surface area (Å²) in [6, 6.07) is 32.9. The van der Waals surface area contributed by atoms with Crippen molar-refractivity contribution in [2.24, 2.45) is 11.3 Å². The number of imidazole rings is 2. The average molecular weight is 645 g/mol. The van der Waals surface area contributed by atoms with Gasteiger partial charge >= 0.3 is 6.09 Å². The molecule has 2 aliphatic carbocycles. The first-order chi connectivity index (χ1) is 24.0. The summed E-state index contributed by atoms with van der Waals surface area (Å²) < 4.78 is 5.78. The molecule has 4 aliphatic rings. The highest BCUT2D eigenvalue weighted by molar-refractivity contribution is 6.07. The maximum Gasteiger partial charge on any atom is 0.410 e. The fourth-order valence-corrected chi connectivity index (χ4v) is 8.92. The number of nitrogens with zero attached hydrogens (tertiary/aromatic N) is 3. The van der Waals surface area contributed by atoms with Crippen LogP contribution in [-0.2, 0) is 11.3 Å². The molecule has 1 amide bonds. The van der Waals surface area contributed by atoms with E-state index < -0.39 is 0 Å². The molecule has 3 N–H and O–H groups in total. The van der Waals surface area contributed by atoms with Crippen molar-refractivity contribution in [2.45, 2.75) is 63.4 Å². The summed E-state index contributed by atoms with van der Waals surface area (Å²) in [5, 5.41) is 8.36. The number of ether oxygens (including phenoxy) is 1. The number of likely N-dealkylation sites (tertiary alicyclic amines) is 1. The molecule has 49 heavy (non-hydrogen) atoms. The molecule has 8 nitrogen and oxygen atoms in total. The zero-order chi connectivity index (χ0) is 32.4. The van der Waals surface area contributed by atoms with Gasteiger partial charge in [0.15, 0.2) is 0 Å². The molecule has 2 saturated carbocycles. The predicted molar refractivity (Wildman–Crippen MR) is 191 cm³/mol. The topological polar surface area (TPSA) is 98.9 Å². The number of aromatic nitrogens is 4. The number of benzene rings is 5. The van der Waals surface area contributed by atoms with Crippen LogP contribution >= 0.6 is 0 Å². The van der Waals surface area contributed by atoms with Crippen LogP contribution in [0.25, 0.3) is 54.7 Å². The third kappa shape index (κ3) is 4.36. The molecular formula is C41H36N6O2. The molecule has 4 heterocycles. The van der Waals surface area contributed by atoms with E-state index in [0.29, 0.717) is 23.4 Å². The van der Waals surface area contributed by atoms with Crippen LogP contribution in [0, 0.1) is 11.3 Å². The maximum atomic E-state index is 13.3. The van der Waals surface area contributed by atoms with Crippen molar-refractivity contribution in [2.75, 3.05) is 0 Å². The van der Waals surface area contributed by atoms with E-state index in [9.17, 15) is 4.79 Å². The van der Waals surface area contributed by atoms with Crippen LogP contribution < -0.4 is 5.32 Å². The number of hydrogen-bond donors (Lipinski definition) is 3. The molecule has 2 aromatic heterocycles. The second-order valence-corrected chi connectivity index (χ2v) is 15.1. The average Bonchev–Trinajstić information content (AvgIpc) is 3.66. The molecule has 8 heteroatoms. The Bertz CT molecular complexity index is 2480. The lowest BCUT2D eigenvalue weighted by molar-refractivity contribution is 0.0833. The maximum absolute atomic E-state index is 13.3. The minimum atomic E-state index is -0.255. The molecule has 4 fully saturated rings. The van der Waals surface area contributed by atoms with Crippen LogP contribution in [0.1, 0.15) is 61.9 Å². The Morgan fingerprint density at radius 2 is 1.49 bits per heavy atom. The van der Waals surface area contributed by atoms with Crippen molar-refractivity contribution in [1.29, 1.82) is 0 Å². The van der Waals surface area contributed by atoms with Gasteiger partial charge in [0.2, 0.25) is 0 Å². The number of carbonyl (C=O) groups excluding carboxylic acids is 1. The number of aromatic amines is 2. The van der Waals surface area contributed by atoms with Gasteiger partial charge in [0.25, 0.3) is 0 Å². The number of H-pyrrole nitrogens is 2. The molecule has 0 spiro atoms. The highest BCUT2D eigenvalue weighted by Crippen LogP contribution is 2.57. The molecule has 0 bridgehead atoms. The first-order valence-electron chi connectivity index (χ1n) is 17.6. The van der Waals surface area contributed by atoms with Crippen LogP contribution in [0.3, 0.4) is 0 Å². The normalized spacial score (nSPS) is 26.9. The van der Waals surface area contributed by atoms with E-state index in [-0.39, 0.29) is 24.8 Å². The molecule has 242 valence electrons. The molecule has 5 aromatic carbocycles. The highest BCUT2D eigenvalue weighted by atomic mass is 16.6. The van der Waals surface area contributed by atoms with Gasteiger partial charge in [-0.15, -0.1) is 0 Å². The minimum Gasteiger partial charge on any atom is -0.445 e. The van der Waals surface area contributed by atoms with Crippen molar-refractivity contribution < 1.29 is 9.53 Å². The molecule has 2 aliphatic heterocycles. The molecule has 2 saturated heterocycles. The van der Waals surface area contributed by atoms with Gasteiger partial charge in [-0.3, -0.25) is 4.90 Å². The molecular weight excluding hydrogens is 608 g/mol. The predicted octanol–water partition coefficient (Wildman–Crippen LogP) is 8.70. The van der Waals surface area contributed by atoms with E-state index in [1.807, 2.05) is 35.2 Å². The van der Waals surface area contributed by atoms with Gasteiger partial charge in [-0.25, -0.2) is 14.8 Å². The van der Waals surface area contributed by atoms with Gasteiger partial charge in [-0.1, -0.05) is 73.7 Å². The second kappa shape index (κ2) is 9.92. The van der Waals surface area contributed by atoms with Crippen molar-refractivity contribution >= 4 is 49.7 Å². The Morgan fingerprint density at radius 1 is 0.816 bits per heavy atom. The molecule has 2 unspecified atom stereocenters. The third-order valence-electron chi connectivity index (χ3n) is 11.9. The van der Waals surface area contributed by atoms with Crippen LogP contribution in [0.15, 0.2) is 91.0 Å². The van der Waals surface area contributed by atoms with Crippen molar-refractivity contribution in [3.05, 3.63) is 108 Å². The van der Waals surface area contributed by atoms with Gasteiger partial charge in [0.1, 0.15) is 18.3 Å². The van der Waals surface area contributed by atoms with Crippen molar-refractivity contribution in [1.82, 2.24) is 30.2 Å². The Kier molecular flexibility index (Phi) is 5.61. The number of nitrogens with one attached hydrogen (secondary N) is 3. The Morgan fingerprint density at radius 3 is 2.16 bits per heavy atom. The van der Waals surface area contributed by atoms with Crippen LogP contribution in [0.2, 0.25) is 0 Å².